The van der Waals surface area contributed by atoms with E-state index < -0.39 is 15.7 Å². The Balaban J connectivity index is 2.70. The molecule has 0 N–H and O–H groups in total. The molecule has 0 unspecified atom stereocenters. The van der Waals surface area contributed by atoms with Crippen LogP contribution in [0.15, 0.2) is 40.2 Å². The summed E-state index contributed by atoms with van der Waals surface area (Å²) in [6.07, 6.45) is 1.44. The van der Waals surface area contributed by atoms with E-state index in [1.54, 1.807) is 0 Å². The summed E-state index contributed by atoms with van der Waals surface area (Å²) in [6, 6.07) is 5.00. The van der Waals surface area contributed by atoms with Crippen LogP contribution in [-0.4, -0.2) is 25.8 Å². The lowest BCUT2D eigenvalue weighted by Gasteiger charge is -2.10. The Morgan fingerprint density at radius 3 is 2.55 bits per heavy atom. The maximum Gasteiger partial charge on any atom is 0.292 e. The Morgan fingerprint density at radius 2 is 1.95 bits per heavy atom. The Bertz CT molecular complexity index is 872. The van der Waals surface area contributed by atoms with Crippen molar-refractivity contribution in [1.82, 2.24) is 4.57 Å². The van der Waals surface area contributed by atoms with Gasteiger partial charge in [-0.2, -0.15) is 0 Å². The van der Waals surface area contributed by atoms with Crippen LogP contribution in [-0.2, 0) is 16.9 Å². The van der Waals surface area contributed by atoms with Gasteiger partial charge in [0.2, 0.25) is 0 Å². The van der Waals surface area contributed by atoms with Crippen molar-refractivity contribution in [3.63, 3.8) is 0 Å². The van der Waals surface area contributed by atoms with Crippen LogP contribution in [0.3, 0.4) is 0 Å². The van der Waals surface area contributed by atoms with Crippen molar-refractivity contribution in [2.24, 2.45) is 7.05 Å². The van der Waals surface area contributed by atoms with Gasteiger partial charge in [0, 0.05) is 24.4 Å². The SMILES string of the molecule is CCS(=O)(=O)c1ccc(F)c(-c2cc(OC)c(=O)n(C)c2)c1. The van der Waals surface area contributed by atoms with E-state index in [2.05, 4.69) is 0 Å². The molecule has 2 aromatic rings. The minimum atomic E-state index is -3.45. The summed E-state index contributed by atoms with van der Waals surface area (Å²) in [5.41, 5.74) is 0.108. The number of halogens is 1. The Labute approximate surface area is 127 Å². The van der Waals surface area contributed by atoms with Crippen LogP contribution in [0.25, 0.3) is 11.1 Å². The lowest BCUT2D eigenvalue weighted by Crippen LogP contribution is -2.18. The van der Waals surface area contributed by atoms with Gasteiger partial charge >= 0.3 is 0 Å². The van der Waals surface area contributed by atoms with Crippen molar-refractivity contribution in [1.29, 1.82) is 0 Å². The molecule has 0 bridgehead atoms. The van der Waals surface area contributed by atoms with E-state index in [4.69, 9.17) is 4.74 Å². The van der Waals surface area contributed by atoms with E-state index in [0.29, 0.717) is 5.56 Å². The van der Waals surface area contributed by atoms with Gasteiger partial charge in [0.1, 0.15) is 5.82 Å². The second kappa shape index (κ2) is 5.92. The lowest BCUT2D eigenvalue weighted by atomic mass is 10.1. The molecule has 5 nitrogen and oxygen atoms in total. The maximum atomic E-state index is 14.1. The average Bonchev–Trinajstić information content (AvgIpc) is 2.50. The van der Waals surface area contributed by atoms with E-state index in [9.17, 15) is 17.6 Å². The highest BCUT2D eigenvalue weighted by Gasteiger charge is 2.16. The summed E-state index contributed by atoms with van der Waals surface area (Å²) < 4.78 is 44.2. The minimum Gasteiger partial charge on any atom is -0.491 e. The normalized spacial score (nSPS) is 11.5. The number of methoxy groups -OCH3 is 1. The van der Waals surface area contributed by atoms with Gasteiger partial charge in [-0.15, -0.1) is 0 Å². The number of hydrogen-bond donors (Lipinski definition) is 0. The maximum absolute atomic E-state index is 14.1. The van der Waals surface area contributed by atoms with Gasteiger partial charge in [-0.05, 0) is 24.3 Å². The first kappa shape index (κ1) is 16.2. The van der Waals surface area contributed by atoms with E-state index in [1.165, 1.54) is 50.0 Å². The third-order valence-corrected chi connectivity index (χ3v) is 5.09. The van der Waals surface area contributed by atoms with Gasteiger partial charge in [0.05, 0.1) is 17.8 Å². The molecular formula is C15H16FNO4S. The number of nitrogens with zero attached hydrogens (tertiary/aromatic N) is 1. The van der Waals surface area contributed by atoms with E-state index in [1.807, 2.05) is 0 Å². The molecule has 1 heterocycles. The topological polar surface area (TPSA) is 65.4 Å². The smallest absolute Gasteiger partial charge is 0.292 e. The molecule has 0 atom stereocenters. The fourth-order valence-electron chi connectivity index (χ4n) is 2.06. The summed E-state index contributed by atoms with van der Waals surface area (Å²) >= 11 is 0. The Hall–Kier alpha value is -2.15. The highest BCUT2D eigenvalue weighted by Crippen LogP contribution is 2.27. The van der Waals surface area contributed by atoms with E-state index in [-0.39, 0.29) is 27.5 Å². The molecule has 2 rings (SSSR count). The van der Waals surface area contributed by atoms with Gasteiger partial charge in [-0.3, -0.25) is 4.79 Å². The lowest BCUT2D eigenvalue weighted by molar-refractivity contribution is 0.405. The summed E-state index contributed by atoms with van der Waals surface area (Å²) in [5.74, 6) is -0.590. The van der Waals surface area contributed by atoms with Crippen LogP contribution in [0.5, 0.6) is 5.75 Å². The molecule has 0 aliphatic carbocycles. The molecular weight excluding hydrogens is 309 g/mol. The van der Waals surface area contributed by atoms with Gasteiger partial charge in [-0.1, -0.05) is 6.92 Å². The molecule has 7 heteroatoms. The zero-order valence-electron chi connectivity index (χ0n) is 12.5. The number of aromatic nitrogens is 1. The molecule has 1 aromatic heterocycles. The second-order valence-corrected chi connectivity index (χ2v) is 7.04. The summed E-state index contributed by atoms with van der Waals surface area (Å²) in [4.78, 5) is 11.8. The molecule has 0 radical (unpaired) electrons. The van der Waals surface area contributed by atoms with Crippen molar-refractivity contribution in [3.8, 4) is 16.9 Å². The molecule has 0 spiro atoms. The minimum absolute atomic E-state index is 0.0409. The monoisotopic (exact) mass is 325 g/mol. The van der Waals surface area contributed by atoms with E-state index in [0.717, 1.165) is 6.07 Å². The molecule has 1 aromatic carbocycles. The zero-order valence-corrected chi connectivity index (χ0v) is 13.3. The molecule has 0 saturated heterocycles. The van der Waals surface area contributed by atoms with Crippen LogP contribution in [0.1, 0.15) is 6.92 Å². The first-order valence-electron chi connectivity index (χ1n) is 6.57. The quantitative estimate of drug-likeness (QED) is 0.807. The summed E-state index contributed by atoms with van der Waals surface area (Å²) in [7, 11) is -0.591. The number of sulfone groups is 1. The van der Waals surface area contributed by atoms with Crippen molar-refractivity contribution in [3.05, 3.63) is 46.6 Å². The molecule has 0 aliphatic rings. The number of hydrogen-bond acceptors (Lipinski definition) is 4. The fraction of sp³-hybridized carbons (Fsp3) is 0.267. The molecule has 0 fully saturated rings. The predicted molar refractivity (Wildman–Crippen MR) is 81.4 cm³/mol. The van der Waals surface area contributed by atoms with Crippen LogP contribution in [0, 0.1) is 5.82 Å². The van der Waals surface area contributed by atoms with Crippen molar-refractivity contribution >= 4 is 9.84 Å². The molecule has 0 amide bonds. The van der Waals surface area contributed by atoms with Gasteiger partial charge in [0.15, 0.2) is 15.6 Å². The Morgan fingerprint density at radius 1 is 1.27 bits per heavy atom. The van der Waals surface area contributed by atoms with Gasteiger partial charge in [0.25, 0.3) is 5.56 Å². The van der Waals surface area contributed by atoms with E-state index >= 15 is 0 Å². The fourth-order valence-corrected chi connectivity index (χ4v) is 2.97. The Kier molecular flexibility index (Phi) is 4.37. The second-order valence-electron chi connectivity index (χ2n) is 4.76. The van der Waals surface area contributed by atoms with Crippen molar-refractivity contribution in [2.45, 2.75) is 11.8 Å². The zero-order chi connectivity index (χ0) is 16.5. The average molecular weight is 325 g/mol. The third kappa shape index (κ3) is 2.89. The van der Waals surface area contributed by atoms with Crippen LogP contribution >= 0.6 is 0 Å². The van der Waals surface area contributed by atoms with Gasteiger partial charge in [-0.25, -0.2) is 12.8 Å². The number of benzene rings is 1. The van der Waals surface area contributed by atoms with Crippen LogP contribution in [0.2, 0.25) is 0 Å². The first-order chi connectivity index (χ1) is 10.3. The standard InChI is InChI=1S/C15H16FNO4S/c1-4-22(19,20)11-5-6-13(16)12(8-11)10-7-14(21-3)15(18)17(2)9-10/h5-9H,4H2,1-3H3. The van der Waals surface area contributed by atoms with Crippen molar-refractivity contribution in [2.75, 3.05) is 12.9 Å². The third-order valence-electron chi connectivity index (χ3n) is 3.36. The van der Waals surface area contributed by atoms with Crippen LogP contribution in [0.4, 0.5) is 4.39 Å². The number of rotatable bonds is 4. The van der Waals surface area contributed by atoms with Crippen molar-refractivity contribution < 1.29 is 17.5 Å². The predicted octanol–water partition coefficient (Wildman–Crippen LogP) is 1.99. The first-order valence-corrected chi connectivity index (χ1v) is 8.22. The molecule has 0 saturated carbocycles. The number of ether oxygens (including phenoxy) is 1. The number of aryl methyl sites for hydroxylation is 1. The number of pyridine rings is 1. The largest absolute Gasteiger partial charge is 0.491 e. The highest BCUT2D eigenvalue weighted by molar-refractivity contribution is 7.91. The molecule has 118 valence electrons. The molecule has 0 aliphatic heterocycles. The summed E-state index contributed by atoms with van der Waals surface area (Å²) in [5, 5.41) is 0. The molecule has 22 heavy (non-hydrogen) atoms. The highest BCUT2D eigenvalue weighted by atomic mass is 32.2. The summed E-state index contributed by atoms with van der Waals surface area (Å²) in [6.45, 7) is 1.52. The van der Waals surface area contributed by atoms with Gasteiger partial charge < -0.3 is 9.30 Å². The van der Waals surface area contributed by atoms with Crippen LogP contribution < -0.4 is 10.3 Å².